The minimum absolute atomic E-state index is 0.163. The Morgan fingerprint density at radius 2 is 2.09 bits per heavy atom. The van der Waals surface area contributed by atoms with Crippen LogP contribution in [0.1, 0.15) is 12.2 Å². The molecule has 0 saturated heterocycles. The number of hydrogen-bond acceptors (Lipinski definition) is 5. The number of hydrogen-bond donors (Lipinski definition) is 0. The lowest BCUT2D eigenvalue weighted by molar-refractivity contribution is 0.315. The van der Waals surface area contributed by atoms with Gasteiger partial charge in [0, 0.05) is 11.4 Å². The van der Waals surface area contributed by atoms with Crippen molar-refractivity contribution in [3.63, 3.8) is 0 Å². The van der Waals surface area contributed by atoms with Crippen molar-refractivity contribution >= 4 is 37.9 Å². The van der Waals surface area contributed by atoms with Crippen LogP contribution < -0.4 is 14.9 Å². The number of rotatable bonds is 5. The largest absolute Gasteiger partial charge is 0.495 e. The Morgan fingerprint density at radius 1 is 1.27 bits per heavy atom. The van der Waals surface area contributed by atoms with E-state index in [4.69, 9.17) is 18.3 Å². The smallest absolute Gasteiger partial charge is 0.206 e. The van der Waals surface area contributed by atoms with Crippen molar-refractivity contribution in [1.29, 1.82) is 0 Å². The number of ether oxygens (including phenoxy) is 2. The van der Waals surface area contributed by atoms with Gasteiger partial charge in [-0.3, -0.25) is 4.79 Å². The normalized spacial score (nSPS) is 11.2. The minimum atomic E-state index is -0.163. The van der Waals surface area contributed by atoms with E-state index in [-0.39, 0.29) is 5.43 Å². The molecule has 3 rings (SSSR count). The third kappa shape index (κ3) is 2.37. The van der Waals surface area contributed by atoms with Gasteiger partial charge in [-0.05, 0) is 19.4 Å². The summed E-state index contributed by atoms with van der Waals surface area (Å²) in [5, 5.41) is 1.89. The zero-order chi connectivity index (χ0) is 15.7. The summed E-state index contributed by atoms with van der Waals surface area (Å²) in [6.45, 7) is 2.21. The second-order valence-electron chi connectivity index (χ2n) is 4.84. The molecule has 0 atom stereocenters. The monoisotopic (exact) mass is 366 g/mol. The number of alkyl halides is 1. The van der Waals surface area contributed by atoms with Crippen molar-refractivity contribution in [1.82, 2.24) is 0 Å². The fourth-order valence-corrected chi connectivity index (χ4v) is 2.69. The maximum atomic E-state index is 12.4. The third-order valence-corrected chi connectivity index (χ3v) is 3.91. The molecule has 0 saturated carbocycles. The van der Waals surface area contributed by atoms with E-state index >= 15 is 0 Å². The SMILES string of the molecule is COc1c2ccoc2c(OCCCBr)c2oc(C)cc(=O)c12. The van der Waals surface area contributed by atoms with E-state index in [1.807, 2.05) is 0 Å². The first-order valence-corrected chi connectivity index (χ1v) is 8.00. The van der Waals surface area contributed by atoms with Gasteiger partial charge in [0.05, 0.1) is 25.4 Å². The van der Waals surface area contributed by atoms with Crippen LogP contribution in [0, 0.1) is 6.92 Å². The third-order valence-electron chi connectivity index (χ3n) is 3.35. The molecule has 0 aliphatic rings. The molecule has 22 heavy (non-hydrogen) atoms. The molecule has 0 aliphatic heterocycles. The molecule has 0 aliphatic carbocycles. The summed E-state index contributed by atoms with van der Waals surface area (Å²) in [6.07, 6.45) is 2.37. The van der Waals surface area contributed by atoms with E-state index in [0.717, 1.165) is 11.8 Å². The van der Waals surface area contributed by atoms with Gasteiger partial charge in [-0.1, -0.05) is 15.9 Å². The highest BCUT2D eigenvalue weighted by molar-refractivity contribution is 9.09. The molecule has 0 spiro atoms. The van der Waals surface area contributed by atoms with Gasteiger partial charge in [-0.25, -0.2) is 0 Å². The Hall–Kier alpha value is -1.95. The summed E-state index contributed by atoms with van der Waals surface area (Å²) >= 11 is 3.36. The maximum Gasteiger partial charge on any atom is 0.206 e. The van der Waals surface area contributed by atoms with E-state index in [1.54, 1.807) is 19.3 Å². The van der Waals surface area contributed by atoms with Gasteiger partial charge in [-0.15, -0.1) is 0 Å². The quantitative estimate of drug-likeness (QED) is 0.504. The van der Waals surface area contributed by atoms with Gasteiger partial charge in [-0.2, -0.15) is 0 Å². The molecule has 116 valence electrons. The van der Waals surface area contributed by atoms with Crippen LogP contribution >= 0.6 is 15.9 Å². The lowest BCUT2D eigenvalue weighted by Gasteiger charge is -2.12. The van der Waals surface area contributed by atoms with Crippen molar-refractivity contribution in [2.24, 2.45) is 0 Å². The summed E-state index contributed by atoms with van der Waals surface area (Å²) in [5.74, 6) is 1.40. The lowest BCUT2D eigenvalue weighted by Crippen LogP contribution is -2.06. The van der Waals surface area contributed by atoms with Gasteiger partial charge in [0.1, 0.15) is 16.9 Å². The molecule has 0 fully saturated rings. The van der Waals surface area contributed by atoms with Gasteiger partial charge in [0.15, 0.2) is 16.6 Å². The van der Waals surface area contributed by atoms with Crippen LogP contribution in [0.2, 0.25) is 0 Å². The molecule has 2 aromatic heterocycles. The number of fused-ring (bicyclic) bond motifs is 2. The van der Waals surface area contributed by atoms with Gasteiger partial charge in [0.2, 0.25) is 5.75 Å². The zero-order valence-electron chi connectivity index (χ0n) is 12.3. The maximum absolute atomic E-state index is 12.4. The van der Waals surface area contributed by atoms with Crippen LogP contribution in [-0.4, -0.2) is 19.0 Å². The summed E-state index contributed by atoms with van der Waals surface area (Å²) < 4.78 is 22.5. The lowest BCUT2D eigenvalue weighted by atomic mass is 10.1. The first-order valence-electron chi connectivity index (χ1n) is 6.87. The molecular weight excluding hydrogens is 352 g/mol. The Labute approximate surface area is 134 Å². The van der Waals surface area contributed by atoms with Crippen molar-refractivity contribution in [2.45, 2.75) is 13.3 Å². The number of halogens is 1. The molecule has 1 aromatic carbocycles. The first kappa shape index (κ1) is 15.0. The van der Waals surface area contributed by atoms with Gasteiger partial charge in [0.25, 0.3) is 0 Å². The molecular formula is C16H15BrO5. The van der Waals surface area contributed by atoms with Crippen LogP contribution in [-0.2, 0) is 0 Å². The highest BCUT2D eigenvalue weighted by Gasteiger charge is 2.22. The summed E-state index contributed by atoms with van der Waals surface area (Å²) in [5.41, 5.74) is 0.718. The van der Waals surface area contributed by atoms with Crippen LogP contribution in [0.5, 0.6) is 11.5 Å². The average Bonchev–Trinajstić information content (AvgIpc) is 2.96. The van der Waals surface area contributed by atoms with Gasteiger partial charge >= 0.3 is 0 Å². The molecule has 3 aromatic rings. The highest BCUT2D eigenvalue weighted by Crippen LogP contribution is 2.42. The second-order valence-corrected chi connectivity index (χ2v) is 5.64. The molecule has 5 nitrogen and oxygen atoms in total. The van der Waals surface area contributed by atoms with Crippen LogP contribution in [0.3, 0.4) is 0 Å². The topological polar surface area (TPSA) is 61.8 Å². The number of methoxy groups -OCH3 is 1. The molecule has 0 unspecified atom stereocenters. The zero-order valence-corrected chi connectivity index (χ0v) is 13.9. The van der Waals surface area contributed by atoms with E-state index in [2.05, 4.69) is 15.9 Å². The first-order chi connectivity index (χ1) is 10.7. The minimum Gasteiger partial charge on any atom is -0.495 e. The molecule has 0 radical (unpaired) electrons. The predicted molar refractivity (Wildman–Crippen MR) is 87.5 cm³/mol. The van der Waals surface area contributed by atoms with Crippen LogP contribution in [0.25, 0.3) is 21.9 Å². The highest BCUT2D eigenvalue weighted by atomic mass is 79.9. The fraction of sp³-hybridized carbons (Fsp3) is 0.312. The molecule has 6 heteroatoms. The predicted octanol–water partition coefficient (Wildman–Crippen LogP) is 4.02. The fourth-order valence-electron chi connectivity index (χ4n) is 2.46. The van der Waals surface area contributed by atoms with Gasteiger partial charge < -0.3 is 18.3 Å². The summed E-state index contributed by atoms with van der Waals surface area (Å²) in [6, 6.07) is 3.20. The second kappa shape index (κ2) is 6.04. The van der Waals surface area contributed by atoms with Crippen molar-refractivity contribution in [2.75, 3.05) is 19.0 Å². The van der Waals surface area contributed by atoms with E-state index in [1.165, 1.54) is 13.2 Å². The summed E-state index contributed by atoms with van der Waals surface area (Å²) in [4.78, 5) is 12.4. The standard InChI is InChI=1S/C16H15BrO5/c1-9-8-11(18)12-13(19-2)10-4-7-21-14(10)16(15(12)22-9)20-6-3-5-17/h4,7-8H,3,5-6H2,1-2H3. The Balaban J connectivity index is 2.38. The van der Waals surface area contributed by atoms with Crippen molar-refractivity contribution in [3.8, 4) is 11.5 Å². The molecule has 2 heterocycles. The number of aryl methyl sites for hydroxylation is 1. The molecule has 0 amide bonds. The Kier molecular flexibility index (Phi) is 4.11. The number of benzene rings is 1. The summed E-state index contributed by atoms with van der Waals surface area (Å²) in [7, 11) is 1.52. The molecule has 0 bridgehead atoms. The molecule has 0 N–H and O–H groups in total. The van der Waals surface area contributed by atoms with Crippen molar-refractivity contribution in [3.05, 3.63) is 34.4 Å². The van der Waals surface area contributed by atoms with Crippen LogP contribution in [0.4, 0.5) is 0 Å². The van der Waals surface area contributed by atoms with Crippen LogP contribution in [0.15, 0.2) is 32.0 Å². The van der Waals surface area contributed by atoms with E-state index in [9.17, 15) is 4.79 Å². The van der Waals surface area contributed by atoms with E-state index < -0.39 is 0 Å². The van der Waals surface area contributed by atoms with Crippen molar-refractivity contribution < 1.29 is 18.3 Å². The Bertz CT molecular complexity index is 877. The Morgan fingerprint density at radius 3 is 2.82 bits per heavy atom. The number of furan rings is 1. The average molecular weight is 367 g/mol. The van der Waals surface area contributed by atoms with E-state index in [0.29, 0.717) is 45.8 Å².